The van der Waals surface area contributed by atoms with Crippen molar-refractivity contribution in [1.29, 1.82) is 0 Å². The van der Waals surface area contributed by atoms with Crippen molar-refractivity contribution in [1.82, 2.24) is 9.97 Å². The van der Waals surface area contributed by atoms with Crippen LogP contribution >= 0.6 is 23.2 Å². The van der Waals surface area contributed by atoms with Gasteiger partial charge in [-0.3, -0.25) is 4.99 Å². The molecule has 0 amide bonds. The van der Waals surface area contributed by atoms with Gasteiger partial charge in [-0.25, -0.2) is 9.97 Å². The zero-order valence-electron chi connectivity index (χ0n) is 27.0. The van der Waals surface area contributed by atoms with Crippen LogP contribution in [0.25, 0.3) is 0 Å². The van der Waals surface area contributed by atoms with E-state index < -0.39 is 22.3 Å². The minimum atomic E-state index is -0.540. The predicted molar refractivity (Wildman–Crippen MR) is 170 cm³/mol. The van der Waals surface area contributed by atoms with Crippen LogP contribution in [0.3, 0.4) is 0 Å². The molecule has 0 atom stereocenters. The second kappa shape index (κ2) is 14.1. The van der Waals surface area contributed by atoms with Crippen LogP contribution in [-0.2, 0) is 44.6 Å². The van der Waals surface area contributed by atoms with E-state index in [0.29, 0.717) is 17.5 Å². The van der Waals surface area contributed by atoms with E-state index in [1.807, 2.05) is 53.8 Å². The second-order valence-corrected chi connectivity index (χ2v) is 15.2. The molecule has 0 fully saturated rings. The maximum absolute atomic E-state index is 12.2. The van der Waals surface area contributed by atoms with Gasteiger partial charge >= 0.3 is 16.5 Å². The van der Waals surface area contributed by atoms with Gasteiger partial charge in [0.15, 0.2) is 0 Å². The first kappa shape index (κ1) is 37.9. The molecule has 1 aromatic heterocycles. The molecule has 232 valence electrons. The Bertz CT molecular complexity index is 1310. The van der Waals surface area contributed by atoms with Gasteiger partial charge in [-0.1, -0.05) is 118 Å². The summed E-state index contributed by atoms with van der Waals surface area (Å²) >= 11 is 12.4. The maximum atomic E-state index is 12.2. The van der Waals surface area contributed by atoms with Gasteiger partial charge in [-0.05, 0) is 56.0 Å². The van der Waals surface area contributed by atoms with Crippen LogP contribution in [0.5, 0.6) is 11.5 Å². The summed E-state index contributed by atoms with van der Waals surface area (Å²) in [6, 6.07) is 8.47. The Hall–Kier alpha value is -2.14. The summed E-state index contributed by atoms with van der Waals surface area (Å²) in [6.45, 7) is 24.4. The van der Waals surface area contributed by atoms with Crippen LogP contribution in [-0.4, -0.2) is 16.2 Å². The number of benzene rings is 2. The summed E-state index contributed by atoms with van der Waals surface area (Å²) in [4.78, 5) is 13.2. The average molecular weight is 657 g/mol. The summed E-state index contributed by atoms with van der Waals surface area (Å²) < 4.78 is 0. The molecule has 0 unspecified atom stereocenters. The Kier molecular flexibility index (Phi) is 12.7. The van der Waals surface area contributed by atoms with Crippen molar-refractivity contribution in [2.24, 2.45) is 4.99 Å². The standard InChI is InChI=1S/C20H27N3.C14H20Cl2O2.Ni/c1-19(2,3)15-8-9-16(20(4,5)6)17(14-15)21-13-10-18-22-11-7-12-23-18;1-13(2,3)7-9(15)10(16)8(14(4,5)6)12(18)11(7)17;/h7-9,11-14H,10H2,1-6H3;17-18H,1-6H3;/q;;+2/p-2. The molecule has 2 aromatic carbocycles. The number of aromatic nitrogens is 2. The zero-order valence-corrected chi connectivity index (χ0v) is 29.5. The van der Waals surface area contributed by atoms with E-state index in [0.717, 1.165) is 11.5 Å². The predicted octanol–water partition coefficient (Wildman–Crippen LogP) is 8.75. The summed E-state index contributed by atoms with van der Waals surface area (Å²) in [6.07, 6.45) is 6.07. The molecule has 3 aromatic rings. The third kappa shape index (κ3) is 9.69. The van der Waals surface area contributed by atoms with Crippen LogP contribution in [0.4, 0.5) is 5.69 Å². The fraction of sp³-hybridized carbons (Fsp3) is 0.500. The number of hydrogen-bond donors (Lipinski definition) is 0. The first-order valence-corrected chi connectivity index (χ1v) is 14.7. The molecule has 0 N–H and O–H groups in total. The van der Waals surface area contributed by atoms with Gasteiger partial charge in [-0.15, -0.1) is 11.5 Å². The number of hydrogen-bond acceptors (Lipinski definition) is 5. The summed E-state index contributed by atoms with van der Waals surface area (Å²) in [5, 5.41) is 24.8. The molecule has 42 heavy (non-hydrogen) atoms. The van der Waals surface area contributed by atoms with Gasteiger partial charge in [0.25, 0.3) is 0 Å². The molecule has 5 nitrogen and oxygen atoms in total. The van der Waals surface area contributed by atoms with E-state index in [2.05, 4.69) is 69.7 Å². The first-order valence-electron chi connectivity index (χ1n) is 13.9. The normalized spacial score (nSPS) is 12.5. The third-order valence-corrected chi connectivity index (χ3v) is 7.44. The molecule has 3 rings (SSSR count). The summed E-state index contributed by atoms with van der Waals surface area (Å²) in [5.41, 5.74) is 3.36. The van der Waals surface area contributed by atoms with Crippen LogP contribution in [0.1, 0.15) is 111 Å². The molecule has 0 radical (unpaired) electrons. The fourth-order valence-corrected chi connectivity index (χ4v) is 5.31. The monoisotopic (exact) mass is 655 g/mol. The molecule has 0 aliphatic carbocycles. The van der Waals surface area contributed by atoms with Crippen molar-refractivity contribution in [3.05, 3.63) is 74.8 Å². The molecule has 0 spiro atoms. The fourth-order valence-electron chi connectivity index (χ4n) is 4.39. The van der Waals surface area contributed by atoms with Crippen molar-refractivity contribution in [3.8, 4) is 11.5 Å². The van der Waals surface area contributed by atoms with Crippen molar-refractivity contribution < 1.29 is 26.7 Å². The first-order chi connectivity index (χ1) is 18.6. The summed E-state index contributed by atoms with van der Waals surface area (Å²) in [5.74, 6) is -0.288. The van der Waals surface area contributed by atoms with Crippen LogP contribution in [0.2, 0.25) is 10.0 Å². The van der Waals surface area contributed by atoms with E-state index >= 15 is 0 Å². The SMILES string of the molecule is CC(C)(C)c1c([O-])c([O-])c(C(C)(C)C)c(Cl)c1Cl.CC(C)(C)c1ccc(C(C)(C)C)c(N=CCc2ncccn2)c1.[Ni+2]. The van der Waals surface area contributed by atoms with E-state index in [1.165, 1.54) is 11.1 Å². The van der Waals surface area contributed by atoms with Gasteiger partial charge in [0.2, 0.25) is 0 Å². The van der Waals surface area contributed by atoms with Crippen molar-refractivity contribution in [2.75, 3.05) is 0 Å². The molecule has 0 saturated carbocycles. The van der Waals surface area contributed by atoms with E-state index in [4.69, 9.17) is 28.2 Å². The number of nitrogens with zero attached hydrogens (tertiary/aromatic N) is 3. The number of aliphatic imine (C=N–C) groups is 1. The van der Waals surface area contributed by atoms with Gasteiger partial charge in [0.05, 0.1) is 15.7 Å². The van der Waals surface area contributed by atoms with Gasteiger partial charge in [0, 0.05) is 25.0 Å². The number of halogens is 2. The molecule has 1 heterocycles. The molecule has 8 heteroatoms. The van der Waals surface area contributed by atoms with E-state index in [1.54, 1.807) is 12.4 Å². The topological polar surface area (TPSA) is 84.3 Å². The maximum Gasteiger partial charge on any atom is 2.00 e. The smallest absolute Gasteiger partial charge is 0.873 e. The van der Waals surface area contributed by atoms with Crippen molar-refractivity contribution in [2.45, 2.75) is 111 Å². The molecule has 0 aliphatic rings. The molecule has 0 saturated heterocycles. The Morgan fingerprint density at radius 2 is 1.17 bits per heavy atom. The molecule has 0 aliphatic heterocycles. The quantitative estimate of drug-likeness (QED) is 0.208. The van der Waals surface area contributed by atoms with Gasteiger partial charge < -0.3 is 10.2 Å². The Balaban J connectivity index is 0.000000423. The third-order valence-electron chi connectivity index (χ3n) is 6.59. The minimum Gasteiger partial charge on any atom is -0.873 e. The molecular formula is C34H45Cl2N3NiO2. The zero-order chi connectivity index (χ0) is 31.6. The average Bonchev–Trinajstić information content (AvgIpc) is 2.81. The van der Waals surface area contributed by atoms with Crippen LogP contribution in [0.15, 0.2) is 41.7 Å². The molecule has 0 bridgehead atoms. The van der Waals surface area contributed by atoms with Crippen molar-refractivity contribution in [3.63, 3.8) is 0 Å². The minimum absolute atomic E-state index is 0. The van der Waals surface area contributed by atoms with Crippen molar-refractivity contribution >= 4 is 35.1 Å². The molecular weight excluding hydrogens is 612 g/mol. The second-order valence-electron chi connectivity index (χ2n) is 14.4. The van der Waals surface area contributed by atoms with Crippen LogP contribution < -0.4 is 10.2 Å². The van der Waals surface area contributed by atoms with Gasteiger partial charge in [-0.2, -0.15) is 0 Å². The Morgan fingerprint density at radius 3 is 1.55 bits per heavy atom. The number of rotatable bonds is 3. The Labute approximate surface area is 273 Å². The summed E-state index contributed by atoms with van der Waals surface area (Å²) in [7, 11) is 0. The van der Waals surface area contributed by atoms with Gasteiger partial charge in [0.1, 0.15) is 5.82 Å². The van der Waals surface area contributed by atoms with E-state index in [-0.39, 0.29) is 37.4 Å². The van der Waals surface area contributed by atoms with Crippen LogP contribution in [0, 0.1) is 0 Å². The Morgan fingerprint density at radius 1 is 0.714 bits per heavy atom. The van der Waals surface area contributed by atoms with E-state index in [9.17, 15) is 10.2 Å². The largest absolute Gasteiger partial charge is 2.00 e.